The summed E-state index contributed by atoms with van der Waals surface area (Å²) >= 11 is 0. The minimum atomic E-state index is -1.02. The van der Waals surface area contributed by atoms with Crippen molar-refractivity contribution in [2.45, 2.75) is 45.1 Å². The number of hydrogen-bond acceptors (Lipinski definition) is 7. The topological polar surface area (TPSA) is 137 Å². The van der Waals surface area contributed by atoms with Gasteiger partial charge in [-0.1, -0.05) is 0 Å². The number of nitrogens with two attached hydrogens (primary N) is 1. The van der Waals surface area contributed by atoms with Crippen molar-refractivity contribution in [3.05, 3.63) is 0 Å². The summed E-state index contributed by atoms with van der Waals surface area (Å²) in [5.41, 5.74) is 4.47. The molecule has 2 unspecified atom stereocenters. The van der Waals surface area contributed by atoms with E-state index in [2.05, 4.69) is 4.99 Å². The van der Waals surface area contributed by atoms with E-state index in [1.54, 1.807) is 0 Å². The summed E-state index contributed by atoms with van der Waals surface area (Å²) in [5, 5.41) is 19.5. The Morgan fingerprint density at radius 2 is 1.83 bits per heavy atom. The molecule has 1 saturated heterocycles. The molecule has 134 valence electrons. The lowest BCUT2D eigenvalue weighted by atomic mass is 9.75. The highest BCUT2D eigenvalue weighted by molar-refractivity contribution is 5.96. The zero-order valence-electron chi connectivity index (χ0n) is 14.0. The Balaban J connectivity index is 2.17. The summed E-state index contributed by atoms with van der Waals surface area (Å²) < 4.78 is 0. The van der Waals surface area contributed by atoms with Gasteiger partial charge in [-0.15, -0.1) is 0 Å². The summed E-state index contributed by atoms with van der Waals surface area (Å²) in [7, 11) is 0. The van der Waals surface area contributed by atoms with Crippen molar-refractivity contribution in [1.82, 2.24) is 9.80 Å². The average molecular weight is 340 g/mol. The first kappa shape index (κ1) is 18.3. The van der Waals surface area contributed by atoms with Gasteiger partial charge >= 0.3 is 0 Å². The van der Waals surface area contributed by atoms with Gasteiger partial charge in [0.25, 0.3) is 0 Å². The van der Waals surface area contributed by atoms with E-state index in [1.165, 1.54) is 36.9 Å². The van der Waals surface area contributed by atoms with Crippen molar-refractivity contribution >= 4 is 23.9 Å². The SMILES string of the molecule is CC(=O)[C@H]([C@@H](C)O)N1CC2(CN=CN(C(C(N)=O)[C@H](C)O)C2)C1=O. The summed E-state index contributed by atoms with van der Waals surface area (Å²) in [6.45, 7) is 4.89. The van der Waals surface area contributed by atoms with Gasteiger partial charge in [-0.05, 0) is 20.8 Å². The molecule has 0 saturated carbocycles. The van der Waals surface area contributed by atoms with Gasteiger partial charge < -0.3 is 25.7 Å². The molecular formula is C15H24N4O5. The number of ketones is 1. The lowest BCUT2D eigenvalue weighted by molar-refractivity contribution is -0.172. The van der Waals surface area contributed by atoms with Crippen molar-refractivity contribution in [2.75, 3.05) is 19.6 Å². The monoisotopic (exact) mass is 340 g/mol. The van der Waals surface area contributed by atoms with Crippen LogP contribution in [0.15, 0.2) is 4.99 Å². The Bertz CT molecular complexity index is 576. The molecule has 2 heterocycles. The Labute approximate surface area is 140 Å². The number of Topliss-reactive ketones (excluding diaryl/α,β-unsaturated/α-hetero) is 1. The number of nitrogens with zero attached hydrogens (tertiary/aromatic N) is 3. The number of aliphatic hydroxyl groups is 2. The highest BCUT2D eigenvalue weighted by Crippen LogP contribution is 2.38. The molecule has 0 aromatic heterocycles. The normalized spacial score (nSPS) is 28.3. The minimum absolute atomic E-state index is 0.175. The zero-order valence-corrected chi connectivity index (χ0v) is 14.0. The second-order valence-corrected chi connectivity index (χ2v) is 6.73. The van der Waals surface area contributed by atoms with Gasteiger partial charge in [0.15, 0.2) is 5.78 Å². The molecule has 24 heavy (non-hydrogen) atoms. The number of carbonyl (C=O) groups excluding carboxylic acids is 3. The molecule has 0 bridgehead atoms. The van der Waals surface area contributed by atoms with E-state index < -0.39 is 35.6 Å². The molecule has 1 spiro atoms. The van der Waals surface area contributed by atoms with Crippen molar-refractivity contribution in [3.8, 4) is 0 Å². The first-order valence-electron chi connectivity index (χ1n) is 7.83. The van der Waals surface area contributed by atoms with Crippen LogP contribution < -0.4 is 5.73 Å². The maximum atomic E-state index is 12.7. The van der Waals surface area contributed by atoms with Gasteiger partial charge in [0, 0.05) is 13.1 Å². The standard InChI is InChI=1S/C15H24N4O5/c1-8(20)11(9(2)21)19-6-15(14(19)24)4-17-7-18(5-15)12(10(3)22)13(16)23/h7-8,10-12,20,22H,4-6H2,1-3H3,(H2,16,23)/t8-,10+,11+,12?,15?/m1/s1. The molecule has 9 heteroatoms. The fraction of sp³-hybridized carbons (Fsp3) is 0.733. The molecule has 2 rings (SSSR count). The maximum Gasteiger partial charge on any atom is 0.242 e. The van der Waals surface area contributed by atoms with Crippen LogP contribution >= 0.6 is 0 Å². The van der Waals surface area contributed by atoms with Gasteiger partial charge in [-0.25, -0.2) is 0 Å². The van der Waals surface area contributed by atoms with E-state index in [4.69, 9.17) is 5.73 Å². The number of amides is 2. The van der Waals surface area contributed by atoms with Crippen molar-refractivity contribution in [1.29, 1.82) is 0 Å². The number of likely N-dealkylation sites (tertiary alicyclic amines) is 1. The molecule has 0 radical (unpaired) electrons. The highest BCUT2D eigenvalue weighted by Gasteiger charge is 2.57. The van der Waals surface area contributed by atoms with Crippen molar-refractivity contribution in [2.24, 2.45) is 16.1 Å². The fourth-order valence-electron chi connectivity index (χ4n) is 3.57. The largest absolute Gasteiger partial charge is 0.391 e. The number of aliphatic imine (C=N–C) groups is 1. The fourth-order valence-corrected chi connectivity index (χ4v) is 3.57. The molecular weight excluding hydrogens is 316 g/mol. The molecule has 9 nitrogen and oxygen atoms in total. The summed E-state index contributed by atoms with van der Waals surface area (Å²) in [6, 6.07) is -1.86. The molecule has 0 aromatic rings. The molecule has 2 aliphatic heterocycles. The Kier molecular flexibility index (Phi) is 4.95. The van der Waals surface area contributed by atoms with Gasteiger partial charge in [0.05, 0.1) is 25.1 Å². The maximum absolute atomic E-state index is 12.7. The van der Waals surface area contributed by atoms with E-state index in [1.807, 2.05) is 0 Å². The van der Waals surface area contributed by atoms with Crippen LogP contribution in [0.1, 0.15) is 20.8 Å². The van der Waals surface area contributed by atoms with Crippen LogP contribution in [0.25, 0.3) is 0 Å². The molecule has 4 N–H and O–H groups in total. The quantitative estimate of drug-likeness (QED) is 0.467. The third kappa shape index (κ3) is 3.01. The molecule has 0 aliphatic carbocycles. The van der Waals surface area contributed by atoms with Gasteiger partial charge in [0.2, 0.25) is 11.8 Å². The molecule has 5 atom stereocenters. The number of hydrogen-bond donors (Lipinski definition) is 3. The van der Waals surface area contributed by atoms with E-state index in [0.717, 1.165) is 0 Å². The average Bonchev–Trinajstić information content (AvgIpc) is 2.45. The lowest BCUT2D eigenvalue weighted by Crippen LogP contribution is -2.73. The predicted octanol–water partition coefficient (Wildman–Crippen LogP) is -2.27. The third-order valence-electron chi connectivity index (χ3n) is 4.61. The van der Waals surface area contributed by atoms with Gasteiger partial charge in [0.1, 0.15) is 17.5 Å². The Morgan fingerprint density at radius 1 is 1.25 bits per heavy atom. The van der Waals surface area contributed by atoms with Crippen molar-refractivity contribution < 1.29 is 24.6 Å². The first-order chi connectivity index (χ1) is 11.1. The van der Waals surface area contributed by atoms with Gasteiger partial charge in [-0.3, -0.25) is 19.4 Å². The summed E-state index contributed by atoms with van der Waals surface area (Å²) in [4.78, 5) is 42.9. The summed E-state index contributed by atoms with van der Waals surface area (Å²) in [5.74, 6) is -1.29. The first-order valence-corrected chi connectivity index (χ1v) is 7.83. The Morgan fingerprint density at radius 3 is 2.25 bits per heavy atom. The number of aliphatic hydroxyl groups excluding tert-OH is 2. The van der Waals surface area contributed by atoms with Crippen LogP contribution in [0.3, 0.4) is 0 Å². The second kappa shape index (κ2) is 6.48. The number of primary amides is 1. The minimum Gasteiger partial charge on any atom is -0.391 e. The van der Waals surface area contributed by atoms with Crippen molar-refractivity contribution in [3.63, 3.8) is 0 Å². The smallest absolute Gasteiger partial charge is 0.242 e. The highest BCUT2D eigenvalue weighted by atomic mass is 16.3. The van der Waals surface area contributed by atoms with Crippen LogP contribution in [0.5, 0.6) is 0 Å². The zero-order chi connectivity index (χ0) is 18.2. The second-order valence-electron chi connectivity index (χ2n) is 6.73. The van der Waals surface area contributed by atoms with Crippen LogP contribution in [-0.2, 0) is 14.4 Å². The molecule has 2 amide bonds. The predicted molar refractivity (Wildman–Crippen MR) is 85.0 cm³/mol. The molecule has 0 aromatic carbocycles. The van der Waals surface area contributed by atoms with E-state index in [0.29, 0.717) is 0 Å². The van der Waals surface area contributed by atoms with Gasteiger partial charge in [-0.2, -0.15) is 0 Å². The van der Waals surface area contributed by atoms with E-state index in [9.17, 15) is 24.6 Å². The molecule has 1 fully saturated rings. The third-order valence-corrected chi connectivity index (χ3v) is 4.61. The Hall–Kier alpha value is -2.00. The summed E-state index contributed by atoms with van der Waals surface area (Å²) in [6.07, 6.45) is -0.568. The number of carbonyl (C=O) groups is 3. The van der Waals surface area contributed by atoms with E-state index in [-0.39, 0.29) is 31.3 Å². The van der Waals surface area contributed by atoms with Crippen LogP contribution in [0, 0.1) is 5.41 Å². The van der Waals surface area contributed by atoms with Crippen LogP contribution in [0.2, 0.25) is 0 Å². The van der Waals surface area contributed by atoms with E-state index >= 15 is 0 Å². The number of β-lactam (4-membered cyclic amide) rings is 1. The lowest BCUT2D eigenvalue weighted by Gasteiger charge is -2.54. The molecule has 2 aliphatic rings. The van der Waals surface area contributed by atoms with Crippen LogP contribution in [-0.4, -0.2) is 87.9 Å². The van der Waals surface area contributed by atoms with Crippen LogP contribution in [0.4, 0.5) is 0 Å². The number of rotatable bonds is 6.